The van der Waals surface area contributed by atoms with E-state index in [1.807, 2.05) is 0 Å². The summed E-state index contributed by atoms with van der Waals surface area (Å²) in [5.41, 5.74) is 1.03. The summed E-state index contributed by atoms with van der Waals surface area (Å²) in [5.74, 6) is -0.850. The van der Waals surface area contributed by atoms with Crippen molar-refractivity contribution < 1.29 is 21.6 Å². The Labute approximate surface area is 202 Å². The van der Waals surface area contributed by atoms with Crippen LogP contribution in [-0.4, -0.2) is 50.1 Å². The van der Waals surface area contributed by atoms with E-state index < -0.39 is 26.0 Å². The highest BCUT2D eigenvalue weighted by molar-refractivity contribution is 7.92. The molecule has 0 saturated carbocycles. The van der Waals surface area contributed by atoms with Gasteiger partial charge in [0, 0.05) is 30.7 Å². The number of thiophene rings is 1. The summed E-state index contributed by atoms with van der Waals surface area (Å²) in [6, 6.07) is 10.6. The van der Waals surface area contributed by atoms with Gasteiger partial charge in [-0.2, -0.15) is 4.31 Å². The standard InChI is InChI=1S/C21H23N5O5S3/c1-15-10-11-22-21(23-15)25-33(28,29)18-8-6-17(7-9-18)24-20(27)16-4-2-12-26(14-16)34(30,31)19-5-3-13-32-19/h3,5-11,13,16H,2,4,12,14H2,1H3,(H,24,27)(H,22,23,25)/t16-/m0/s1. The Morgan fingerprint density at radius 1 is 1.12 bits per heavy atom. The quantitative estimate of drug-likeness (QED) is 0.487. The predicted molar refractivity (Wildman–Crippen MR) is 128 cm³/mol. The first-order valence-corrected chi connectivity index (χ1v) is 14.2. The number of aromatic nitrogens is 2. The number of nitrogens with one attached hydrogen (secondary N) is 2. The maximum Gasteiger partial charge on any atom is 0.264 e. The Morgan fingerprint density at radius 2 is 1.88 bits per heavy atom. The molecule has 10 nitrogen and oxygen atoms in total. The molecule has 1 amide bonds. The van der Waals surface area contributed by atoms with Gasteiger partial charge in [0.2, 0.25) is 11.9 Å². The molecule has 1 aromatic carbocycles. The Kier molecular flexibility index (Phi) is 6.98. The first kappa shape index (κ1) is 24.3. The van der Waals surface area contributed by atoms with Crippen LogP contribution in [0.4, 0.5) is 11.6 Å². The lowest BCUT2D eigenvalue weighted by Crippen LogP contribution is -2.43. The second-order valence-electron chi connectivity index (χ2n) is 7.78. The molecule has 1 aliphatic rings. The first-order chi connectivity index (χ1) is 16.1. The van der Waals surface area contributed by atoms with Crippen molar-refractivity contribution in [3.63, 3.8) is 0 Å². The normalized spacial score (nSPS) is 17.3. The van der Waals surface area contributed by atoms with Crippen molar-refractivity contribution in [2.24, 2.45) is 5.92 Å². The monoisotopic (exact) mass is 521 g/mol. The molecular weight excluding hydrogens is 498 g/mol. The van der Waals surface area contributed by atoms with E-state index in [1.165, 1.54) is 34.8 Å². The van der Waals surface area contributed by atoms with Gasteiger partial charge in [-0.25, -0.2) is 31.5 Å². The van der Waals surface area contributed by atoms with Gasteiger partial charge in [-0.05, 0) is 61.5 Å². The van der Waals surface area contributed by atoms with Crippen LogP contribution >= 0.6 is 11.3 Å². The highest BCUT2D eigenvalue weighted by Crippen LogP contribution is 2.27. The van der Waals surface area contributed by atoms with Gasteiger partial charge in [-0.3, -0.25) is 4.79 Å². The Hall–Kier alpha value is -2.87. The minimum Gasteiger partial charge on any atom is -0.326 e. The molecule has 180 valence electrons. The van der Waals surface area contributed by atoms with E-state index in [0.29, 0.717) is 30.8 Å². The number of hydrogen-bond donors (Lipinski definition) is 2. The van der Waals surface area contributed by atoms with Gasteiger partial charge in [-0.1, -0.05) is 6.07 Å². The van der Waals surface area contributed by atoms with Crippen molar-refractivity contribution in [2.75, 3.05) is 23.1 Å². The number of rotatable bonds is 7. The zero-order chi connectivity index (χ0) is 24.3. The van der Waals surface area contributed by atoms with Crippen LogP contribution < -0.4 is 10.0 Å². The van der Waals surface area contributed by atoms with Crippen LogP contribution in [0, 0.1) is 12.8 Å². The van der Waals surface area contributed by atoms with Crippen molar-refractivity contribution in [3.05, 3.63) is 59.7 Å². The van der Waals surface area contributed by atoms with Crippen LogP contribution in [0.2, 0.25) is 0 Å². The predicted octanol–water partition coefficient (Wildman–Crippen LogP) is 2.69. The van der Waals surface area contributed by atoms with Gasteiger partial charge >= 0.3 is 0 Å². The van der Waals surface area contributed by atoms with E-state index in [0.717, 1.165) is 11.3 Å². The fourth-order valence-electron chi connectivity index (χ4n) is 3.55. The second-order valence-corrected chi connectivity index (χ2v) is 12.6. The van der Waals surface area contributed by atoms with E-state index >= 15 is 0 Å². The number of carbonyl (C=O) groups is 1. The Morgan fingerprint density at radius 3 is 2.56 bits per heavy atom. The van der Waals surface area contributed by atoms with Crippen LogP contribution in [0.25, 0.3) is 0 Å². The third-order valence-corrected chi connectivity index (χ3v) is 9.88. The van der Waals surface area contributed by atoms with E-state index in [4.69, 9.17) is 0 Å². The lowest BCUT2D eigenvalue weighted by Gasteiger charge is -2.30. The molecule has 1 aliphatic heterocycles. The number of sulfonamides is 2. The van der Waals surface area contributed by atoms with Gasteiger partial charge in [-0.15, -0.1) is 11.3 Å². The first-order valence-electron chi connectivity index (χ1n) is 10.4. The van der Waals surface area contributed by atoms with Crippen LogP contribution in [0.15, 0.2) is 63.1 Å². The summed E-state index contributed by atoms with van der Waals surface area (Å²) in [6.45, 7) is 2.19. The van der Waals surface area contributed by atoms with E-state index in [9.17, 15) is 21.6 Å². The van der Waals surface area contributed by atoms with E-state index in [-0.39, 0.29) is 27.5 Å². The molecule has 13 heteroatoms. The van der Waals surface area contributed by atoms with Crippen molar-refractivity contribution in [2.45, 2.75) is 28.9 Å². The number of anilines is 2. The molecule has 4 rings (SSSR count). The van der Waals surface area contributed by atoms with Crippen molar-refractivity contribution in [1.29, 1.82) is 0 Å². The minimum absolute atomic E-state index is 0.0125. The Bertz CT molecular complexity index is 1370. The average molecular weight is 522 g/mol. The number of aryl methyl sites for hydroxylation is 1. The minimum atomic E-state index is -3.90. The molecule has 1 atom stereocenters. The van der Waals surface area contributed by atoms with Gasteiger partial charge < -0.3 is 5.32 Å². The van der Waals surface area contributed by atoms with E-state index in [2.05, 4.69) is 20.0 Å². The van der Waals surface area contributed by atoms with Crippen LogP contribution in [0.1, 0.15) is 18.5 Å². The van der Waals surface area contributed by atoms with Crippen molar-refractivity contribution in [3.8, 4) is 0 Å². The van der Waals surface area contributed by atoms with Crippen molar-refractivity contribution >= 4 is 48.9 Å². The third kappa shape index (κ3) is 5.43. The number of carbonyl (C=O) groups excluding carboxylic acids is 1. The number of nitrogens with zero attached hydrogens (tertiary/aromatic N) is 3. The van der Waals surface area contributed by atoms with Crippen LogP contribution in [-0.2, 0) is 24.8 Å². The SMILES string of the molecule is Cc1ccnc(NS(=O)(=O)c2ccc(NC(=O)[C@H]3CCCN(S(=O)(=O)c4cccs4)C3)cc2)n1. The topological polar surface area (TPSA) is 138 Å². The summed E-state index contributed by atoms with van der Waals surface area (Å²) in [7, 11) is -7.52. The number of amides is 1. The highest BCUT2D eigenvalue weighted by atomic mass is 32.2. The lowest BCUT2D eigenvalue weighted by atomic mass is 9.99. The number of piperidine rings is 1. The molecule has 0 radical (unpaired) electrons. The fraction of sp³-hybridized carbons (Fsp3) is 0.286. The fourth-order valence-corrected chi connectivity index (χ4v) is 7.17. The summed E-state index contributed by atoms with van der Waals surface area (Å²) < 4.78 is 54.7. The average Bonchev–Trinajstić information content (AvgIpc) is 3.35. The maximum atomic E-state index is 12.8. The number of hydrogen-bond acceptors (Lipinski definition) is 8. The second kappa shape index (κ2) is 9.78. The lowest BCUT2D eigenvalue weighted by molar-refractivity contribution is -0.120. The van der Waals surface area contributed by atoms with Crippen LogP contribution in [0.3, 0.4) is 0 Å². The molecule has 0 bridgehead atoms. The Balaban J connectivity index is 1.40. The summed E-state index contributed by atoms with van der Waals surface area (Å²) in [6.07, 6.45) is 2.60. The van der Waals surface area contributed by atoms with Gasteiger partial charge in [0.1, 0.15) is 4.21 Å². The largest absolute Gasteiger partial charge is 0.326 e. The molecule has 1 saturated heterocycles. The molecule has 1 fully saturated rings. The van der Waals surface area contributed by atoms with Gasteiger partial charge in [0.15, 0.2) is 0 Å². The molecule has 0 spiro atoms. The van der Waals surface area contributed by atoms with Crippen molar-refractivity contribution in [1.82, 2.24) is 14.3 Å². The zero-order valence-electron chi connectivity index (χ0n) is 18.2. The molecule has 0 unspecified atom stereocenters. The molecular formula is C21H23N5O5S3. The molecule has 34 heavy (non-hydrogen) atoms. The zero-order valence-corrected chi connectivity index (χ0v) is 20.7. The highest BCUT2D eigenvalue weighted by Gasteiger charge is 2.33. The summed E-state index contributed by atoms with van der Waals surface area (Å²) in [5, 5.41) is 4.46. The van der Waals surface area contributed by atoms with Crippen LogP contribution in [0.5, 0.6) is 0 Å². The summed E-state index contributed by atoms with van der Waals surface area (Å²) in [4.78, 5) is 20.7. The molecule has 2 aromatic heterocycles. The van der Waals surface area contributed by atoms with Gasteiger partial charge in [0.05, 0.1) is 10.8 Å². The molecule has 0 aliphatic carbocycles. The third-order valence-electron chi connectivity index (χ3n) is 5.30. The number of benzene rings is 1. The molecule has 3 heterocycles. The smallest absolute Gasteiger partial charge is 0.264 e. The molecule has 3 aromatic rings. The van der Waals surface area contributed by atoms with E-state index in [1.54, 1.807) is 30.5 Å². The van der Waals surface area contributed by atoms with Gasteiger partial charge in [0.25, 0.3) is 20.0 Å². The summed E-state index contributed by atoms with van der Waals surface area (Å²) >= 11 is 1.15. The maximum absolute atomic E-state index is 12.8. The molecule has 2 N–H and O–H groups in total.